The summed E-state index contributed by atoms with van der Waals surface area (Å²) in [4.78, 5) is 0. The molecule has 0 aliphatic rings. The Morgan fingerprint density at radius 3 is 2.24 bits per heavy atom. The molecular formula is C13H17F4NO2S. The number of halogens is 4. The summed E-state index contributed by atoms with van der Waals surface area (Å²) in [5, 5.41) is 0. The van der Waals surface area contributed by atoms with E-state index in [-0.39, 0.29) is 5.56 Å². The van der Waals surface area contributed by atoms with Crippen molar-refractivity contribution in [1.82, 2.24) is 4.72 Å². The van der Waals surface area contributed by atoms with Gasteiger partial charge in [-0.15, -0.1) is 17.9 Å². The third-order valence-electron chi connectivity index (χ3n) is 2.51. The average molecular weight is 327 g/mol. The van der Waals surface area contributed by atoms with E-state index in [1.807, 2.05) is 0 Å². The predicted molar refractivity (Wildman–Crippen MR) is 72.5 cm³/mol. The van der Waals surface area contributed by atoms with Crippen LogP contribution in [0.25, 0.3) is 0 Å². The van der Waals surface area contributed by atoms with Crippen LogP contribution in [0, 0.1) is 5.82 Å². The van der Waals surface area contributed by atoms with Gasteiger partial charge in [0.15, 0.2) is 0 Å². The van der Waals surface area contributed by atoms with Gasteiger partial charge in [0.25, 0.3) is 0 Å². The molecule has 0 saturated heterocycles. The molecule has 1 rings (SSSR count). The van der Waals surface area contributed by atoms with Gasteiger partial charge in [0.1, 0.15) is 16.3 Å². The maximum atomic E-state index is 13.8. The second kappa shape index (κ2) is 6.41. The van der Waals surface area contributed by atoms with Crippen molar-refractivity contribution in [3.63, 3.8) is 0 Å². The molecular weight excluding hydrogens is 310 g/mol. The molecule has 0 fully saturated rings. The molecule has 0 spiro atoms. The topological polar surface area (TPSA) is 44.3 Å². The Balaban J connectivity index is 2.85. The molecule has 2 atom stereocenters. The molecule has 3 nitrogen and oxygen atoms in total. The normalized spacial score (nSPS) is 15.7. The zero-order chi connectivity index (χ0) is 16.4. The van der Waals surface area contributed by atoms with E-state index in [9.17, 15) is 22.1 Å². The van der Waals surface area contributed by atoms with Crippen molar-refractivity contribution in [2.75, 3.05) is 0 Å². The van der Waals surface area contributed by atoms with Crippen LogP contribution in [-0.2, 0) is 11.4 Å². The Bertz CT molecular complexity index is 488. The third kappa shape index (κ3) is 5.72. The molecule has 0 aromatic heterocycles. The van der Waals surface area contributed by atoms with Gasteiger partial charge in [-0.25, -0.2) is 4.39 Å². The fourth-order valence-electron chi connectivity index (χ4n) is 1.46. The molecule has 1 N–H and O–H groups in total. The lowest BCUT2D eigenvalue weighted by Gasteiger charge is -2.26. The Hall–Kier alpha value is -0.990. The van der Waals surface area contributed by atoms with Crippen molar-refractivity contribution in [2.24, 2.45) is 0 Å². The van der Waals surface area contributed by atoms with E-state index in [0.717, 1.165) is 6.07 Å². The minimum Gasteiger partial charge on any atom is -0.598 e. The van der Waals surface area contributed by atoms with Gasteiger partial charge in [-0.1, -0.05) is 6.07 Å². The minimum atomic E-state index is -4.87. The second-order valence-corrected chi connectivity index (χ2v) is 7.45. The highest BCUT2D eigenvalue weighted by Gasteiger charge is 2.32. The number of alkyl halides is 3. The van der Waals surface area contributed by atoms with E-state index < -0.39 is 40.1 Å². The Morgan fingerprint density at radius 2 is 1.81 bits per heavy atom. The molecule has 0 radical (unpaired) electrons. The highest BCUT2D eigenvalue weighted by atomic mass is 32.2. The molecule has 21 heavy (non-hydrogen) atoms. The van der Waals surface area contributed by atoms with Gasteiger partial charge < -0.3 is 9.29 Å². The monoisotopic (exact) mass is 327 g/mol. The number of nitrogens with one attached hydrogen (secondary N) is 1. The Labute approximate surface area is 124 Å². The van der Waals surface area contributed by atoms with E-state index in [2.05, 4.69) is 9.46 Å². The zero-order valence-electron chi connectivity index (χ0n) is 12.0. The van der Waals surface area contributed by atoms with Gasteiger partial charge in [0.2, 0.25) is 0 Å². The Morgan fingerprint density at radius 1 is 1.24 bits per heavy atom. The van der Waals surface area contributed by atoms with Crippen LogP contribution in [0.5, 0.6) is 5.75 Å². The quantitative estimate of drug-likeness (QED) is 0.675. The van der Waals surface area contributed by atoms with Crippen molar-refractivity contribution in [3.05, 3.63) is 29.6 Å². The molecule has 8 heteroatoms. The second-order valence-electron chi connectivity index (χ2n) is 5.45. The lowest BCUT2D eigenvalue weighted by Crippen LogP contribution is -2.40. The van der Waals surface area contributed by atoms with E-state index in [1.54, 1.807) is 27.7 Å². The van der Waals surface area contributed by atoms with Crippen LogP contribution in [0.1, 0.15) is 39.3 Å². The van der Waals surface area contributed by atoms with Gasteiger partial charge in [-0.2, -0.15) is 0 Å². The summed E-state index contributed by atoms with van der Waals surface area (Å²) in [7, 11) is 0. The largest absolute Gasteiger partial charge is 0.598 e. The average Bonchev–Trinajstić information content (AvgIpc) is 2.24. The van der Waals surface area contributed by atoms with Crippen LogP contribution < -0.4 is 9.46 Å². The lowest BCUT2D eigenvalue weighted by molar-refractivity contribution is -0.274. The van der Waals surface area contributed by atoms with Crippen LogP contribution >= 0.6 is 0 Å². The maximum Gasteiger partial charge on any atom is 0.573 e. The summed E-state index contributed by atoms with van der Waals surface area (Å²) >= 11 is -1.43. The molecule has 0 aliphatic heterocycles. The molecule has 1 aromatic carbocycles. The molecule has 0 saturated carbocycles. The maximum absolute atomic E-state index is 13.8. The Kier molecular flexibility index (Phi) is 5.51. The molecule has 0 unspecified atom stereocenters. The number of ether oxygens (including phenoxy) is 1. The standard InChI is InChI=1S/C13H17F4NO2S/c1-8(18-21(19)12(2,3)4)10-6-5-9(7-11(10)14)20-13(15,16)17/h5-8,18H,1-4H3/t8-,21-/m0/s1. The first-order valence-electron chi connectivity index (χ1n) is 6.13. The molecule has 0 amide bonds. The third-order valence-corrected chi connectivity index (χ3v) is 4.19. The molecule has 0 bridgehead atoms. The van der Waals surface area contributed by atoms with Gasteiger partial charge in [0, 0.05) is 23.0 Å². The fraction of sp³-hybridized carbons (Fsp3) is 0.538. The van der Waals surface area contributed by atoms with Gasteiger partial charge >= 0.3 is 6.36 Å². The first-order chi connectivity index (χ1) is 9.40. The highest BCUT2D eigenvalue weighted by Crippen LogP contribution is 2.27. The van der Waals surface area contributed by atoms with E-state index >= 15 is 0 Å². The van der Waals surface area contributed by atoms with E-state index in [4.69, 9.17) is 0 Å². The summed E-state index contributed by atoms with van der Waals surface area (Å²) < 4.78 is 67.7. The van der Waals surface area contributed by atoms with E-state index in [1.165, 1.54) is 6.07 Å². The number of hydrogen-bond acceptors (Lipinski definition) is 3. The van der Waals surface area contributed by atoms with Crippen LogP contribution in [0.15, 0.2) is 18.2 Å². The van der Waals surface area contributed by atoms with Crippen molar-refractivity contribution in [3.8, 4) is 5.75 Å². The lowest BCUT2D eigenvalue weighted by atomic mass is 10.1. The molecule has 1 aromatic rings. The van der Waals surface area contributed by atoms with Crippen LogP contribution in [0.3, 0.4) is 0 Å². The molecule has 120 valence electrons. The minimum absolute atomic E-state index is 0.113. The van der Waals surface area contributed by atoms with Crippen LogP contribution in [0.4, 0.5) is 17.6 Å². The highest BCUT2D eigenvalue weighted by molar-refractivity contribution is 7.90. The summed E-state index contributed by atoms with van der Waals surface area (Å²) in [6.45, 7) is 6.82. The molecule has 0 heterocycles. The van der Waals surface area contributed by atoms with Crippen LogP contribution in [-0.4, -0.2) is 15.7 Å². The van der Waals surface area contributed by atoms with Gasteiger partial charge in [-0.3, -0.25) is 0 Å². The SMILES string of the molecule is C[C@H](N[S@@+]([O-])C(C)(C)C)c1ccc(OC(F)(F)F)cc1F. The summed E-state index contributed by atoms with van der Waals surface area (Å²) in [5.41, 5.74) is 0.113. The van der Waals surface area contributed by atoms with E-state index in [0.29, 0.717) is 6.07 Å². The van der Waals surface area contributed by atoms with Crippen molar-refractivity contribution < 1.29 is 26.9 Å². The fourth-order valence-corrected chi connectivity index (χ4v) is 2.26. The number of rotatable bonds is 4. The summed E-state index contributed by atoms with van der Waals surface area (Å²) in [5.74, 6) is -1.49. The van der Waals surface area contributed by atoms with Crippen molar-refractivity contribution in [2.45, 2.75) is 44.8 Å². The number of hydrogen-bond donors (Lipinski definition) is 1. The predicted octanol–water partition coefficient (Wildman–Crippen LogP) is 3.84. The summed E-state index contributed by atoms with van der Waals surface area (Å²) in [6, 6.07) is 2.23. The van der Waals surface area contributed by atoms with Crippen molar-refractivity contribution in [1.29, 1.82) is 0 Å². The molecule has 0 aliphatic carbocycles. The first kappa shape index (κ1) is 18.1. The van der Waals surface area contributed by atoms with Crippen molar-refractivity contribution >= 4 is 11.4 Å². The first-order valence-corrected chi connectivity index (χ1v) is 7.28. The van der Waals surface area contributed by atoms with Crippen LogP contribution in [0.2, 0.25) is 0 Å². The zero-order valence-corrected chi connectivity index (χ0v) is 12.9. The van der Waals surface area contributed by atoms with Gasteiger partial charge in [-0.05, 0) is 33.8 Å². The summed E-state index contributed by atoms with van der Waals surface area (Å²) in [6.07, 6.45) is -4.87. The number of benzene rings is 1. The van der Waals surface area contributed by atoms with Gasteiger partial charge in [0.05, 0.1) is 6.04 Å². The smallest absolute Gasteiger partial charge is 0.573 e.